The van der Waals surface area contributed by atoms with Gasteiger partial charge in [-0.1, -0.05) is 23.2 Å². The normalized spacial score (nSPS) is 12.1. The van der Waals surface area contributed by atoms with E-state index in [0.717, 1.165) is 0 Å². The standard InChI is InChI=1S/C12H18Cl2N2O3S/c1-3-19-5-4-16(2)20(17,18)12-6-9(8-15)10(13)7-11(12)14/h6-7H,3-5,8,15H2,1-2H3. The Morgan fingerprint density at radius 3 is 2.50 bits per heavy atom. The zero-order chi connectivity index (χ0) is 15.3. The van der Waals surface area contributed by atoms with Crippen LogP contribution in [0.4, 0.5) is 0 Å². The summed E-state index contributed by atoms with van der Waals surface area (Å²) in [5.41, 5.74) is 6.07. The topological polar surface area (TPSA) is 72.6 Å². The van der Waals surface area contributed by atoms with Gasteiger partial charge in [-0.15, -0.1) is 0 Å². The van der Waals surface area contributed by atoms with Gasteiger partial charge < -0.3 is 10.5 Å². The lowest BCUT2D eigenvalue weighted by Crippen LogP contribution is -2.30. The molecule has 2 N–H and O–H groups in total. The van der Waals surface area contributed by atoms with Gasteiger partial charge in [0.2, 0.25) is 10.0 Å². The van der Waals surface area contributed by atoms with Crippen molar-refractivity contribution in [2.75, 3.05) is 26.8 Å². The van der Waals surface area contributed by atoms with Crippen LogP contribution in [0.1, 0.15) is 12.5 Å². The van der Waals surface area contributed by atoms with E-state index in [0.29, 0.717) is 23.8 Å². The summed E-state index contributed by atoms with van der Waals surface area (Å²) in [7, 11) is -2.22. The van der Waals surface area contributed by atoms with Crippen LogP contribution in [0.25, 0.3) is 0 Å². The Labute approximate surface area is 129 Å². The van der Waals surface area contributed by atoms with Crippen molar-refractivity contribution in [3.05, 3.63) is 27.7 Å². The van der Waals surface area contributed by atoms with Crippen LogP contribution in [0.3, 0.4) is 0 Å². The number of ether oxygens (including phenoxy) is 1. The van der Waals surface area contributed by atoms with Gasteiger partial charge in [0.15, 0.2) is 0 Å². The molecular weight excluding hydrogens is 323 g/mol. The Balaban J connectivity index is 3.08. The molecule has 20 heavy (non-hydrogen) atoms. The van der Waals surface area contributed by atoms with Gasteiger partial charge in [-0.3, -0.25) is 0 Å². The SMILES string of the molecule is CCOCCN(C)S(=O)(=O)c1cc(CN)c(Cl)cc1Cl. The van der Waals surface area contributed by atoms with Crippen LogP contribution in [0.15, 0.2) is 17.0 Å². The van der Waals surface area contributed by atoms with Crippen molar-refractivity contribution in [1.29, 1.82) is 0 Å². The van der Waals surface area contributed by atoms with Crippen molar-refractivity contribution < 1.29 is 13.2 Å². The summed E-state index contributed by atoms with van der Waals surface area (Å²) >= 11 is 11.9. The van der Waals surface area contributed by atoms with Crippen LogP contribution in [-0.2, 0) is 21.3 Å². The fourth-order valence-corrected chi connectivity index (χ4v) is 3.55. The van der Waals surface area contributed by atoms with Crippen LogP contribution in [0, 0.1) is 0 Å². The highest BCUT2D eigenvalue weighted by Crippen LogP contribution is 2.30. The summed E-state index contributed by atoms with van der Waals surface area (Å²) in [4.78, 5) is 0.00279. The molecular formula is C12H18Cl2N2O3S. The number of nitrogens with zero attached hydrogens (tertiary/aromatic N) is 1. The smallest absolute Gasteiger partial charge is 0.244 e. The molecule has 0 heterocycles. The van der Waals surface area contributed by atoms with Gasteiger partial charge in [0.1, 0.15) is 4.90 Å². The summed E-state index contributed by atoms with van der Waals surface area (Å²) in [6, 6.07) is 2.81. The number of nitrogens with two attached hydrogens (primary N) is 1. The maximum Gasteiger partial charge on any atom is 0.244 e. The molecule has 0 saturated heterocycles. The average molecular weight is 341 g/mol. The lowest BCUT2D eigenvalue weighted by atomic mass is 10.2. The predicted molar refractivity (Wildman–Crippen MR) is 80.7 cm³/mol. The summed E-state index contributed by atoms with van der Waals surface area (Å²) in [6.45, 7) is 3.08. The molecule has 8 heteroatoms. The second kappa shape index (κ2) is 7.59. The Morgan fingerprint density at radius 2 is 1.95 bits per heavy atom. The molecule has 0 spiro atoms. The zero-order valence-electron chi connectivity index (χ0n) is 11.4. The van der Waals surface area contributed by atoms with E-state index in [9.17, 15) is 8.42 Å². The van der Waals surface area contributed by atoms with Crippen LogP contribution < -0.4 is 5.73 Å². The van der Waals surface area contributed by atoms with Crippen molar-refractivity contribution in [3.8, 4) is 0 Å². The van der Waals surface area contributed by atoms with E-state index in [1.165, 1.54) is 23.5 Å². The minimum atomic E-state index is -3.69. The van der Waals surface area contributed by atoms with E-state index < -0.39 is 10.0 Å². The summed E-state index contributed by atoms with van der Waals surface area (Å²) in [5, 5.41) is 0.434. The van der Waals surface area contributed by atoms with Crippen LogP contribution >= 0.6 is 23.2 Å². The third kappa shape index (κ3) is 4.07. The summed E-state index contributed by atoms with van der Waals surface area (Å²) in [5.74, 6) is 0. The molecule has 0 aromatic heterocycles. The van der Waals surface area contributed by atoms with E-state index in [1.807, 2.05) is 6.92 Å². The lowest BCUT2D eigenvalue weighted by Gasteiger charge is -2.18. The molecule has 1 aromatic rings. The van der Waals surface area contributed by atoms with Crippen LogP contribution in [0.5, 0.6) is 0 Å². The Hall–Kier alpha value is -0.370. The van der Waals surface area contributed by atoms with Gasteiger partial charge in [0.05, 0.1) is 11.6 Å². The molecule has 5 nitrogen and oxygen atoms in total. The number of likely N-dealkylation sites (N-methyl/N-ethyl adjacent to an activating group) is 1. The first kappa shape index (κ1) is 17.7. The van der Waals surface area contributed by atoms with E-state index >= 15 is 0 Å². The second-order valence-electron chi connectivity index (χ2n) is 4.10. The Morgan fingerprint density at radius 1 is 1.30 bits per heavy atom. The van der Waals surface area contributed by atoms with Gasteiger partial charge in [0.25, 0.3) is 0 Å². The highest BCUT2D eigenvalue weighted by molar-refractivity contribution is 7.89. The van der Waals surface area contributed by atoms with Crippen molar-refractivity contribution in [3.63, 3.8) is 0 Å². The molecule has 0 amide bonds. The molecule has 114 valence electrons. The molecule has 0 saturated carbocycles. The van der Waals surface area contributed by atoms with E-state index in [1.54, 1.807) is 0 Å². The highest BCUT2D eigenvalue weighted by Gasteiger charge is 2.24. The van der Waals surface area contributed by atoms with Gasteiger partial charge in [-0.25, -0.2) is 8.42 Å². The molecule has 0 atom stereocenters. The first-order valence-electron chi connectivity index (χ1n) is 6.06. The third-order valence-corrected chi connectivity index (χ3v) is 5.44. The minimum absolute atomic E-state index is 0.00279. The molecule has 1 rings (SSSR count). The molecule has 0 aliphatic heterocycles. The minimum Gasteiger partial charge on any atom is -0.380 e. The van der Waals surface area contributed by atoms with Gasteiger partial charge >= 0.3 is 0 Å². The van der Waals surface area contributed by atoms with Crippen LogP contribution in [-0.4, -0.2) is 39.5 Å². The largest absolute Gasteiger partial charge is 0.380 e. The molecule has 0 bridgehead atoms. The van der Waals surface area contributed by atoms with Gasteiger partial charge in [-0.05, 0) is 24.6 Å². The van der Waals surface area contributed by atoms with Crippen molar-refractivity contribution in [2.45, 2.75) is 18.4 Å². The summed E-state index contributed by atoms with van der Waals surface area (Å²) in [6.07, 6.45) is 0. The van der Waals surface area contributed by atoms with Gasteiger partial charge in [0, 0.05) is 31.8 Å². The van der Waals surface area contributed by atoms with E-state index in [4.69, 9.17) is 33.7 Å². The second-order valence-corrected chi connectivity index (χ2v) is 6.93. The predicted octanol–water partition coefficient (Wildman–Crippen LogP) is 2.11. The maximum absolute atomic E-state index is 12.4. The van der Waals surface area contributed by atoms with Crippen molar-refractivity contribution in [2.24, 2.45) is 5.73 Å². The number of hydrogen-bond acceptors (Lipinski definition) is 4. The van der Waals surface area contributed by atoms with Crippen molar-refractivity contribution in [1.82, 2.24) is 4.31 Å². The quantitative estimate of drug-likeness (QED) is 0.771. The van der Waals surface area contributed by atoms with Crippen molar-refractivity contribution >= 4 is 33.2 Å². The molecule has 0 fully saturated rings. The molecule has 0 radical (unpaired) electrons. The number of sulfonamides is 1. The highest BCUT2D eigenvalue weighted by atomic mass is 35.5. The van der Waals surface area contributed by atoms with Crippen LogP contribution in [0.2, 0.25) is 10.0 Å². The van der Waals surface area contributed by atoms with E-state index in [2.05, 4.69) is 0 Å². The molecule has 1 aromatic carbocycles. The number of halogens is 2. The molecule has 0 aliphatic rings. The Kier molecular flexibility index (Phi) is 6.71. The number of benzene rings is 1. The fourth-order valence-electron chi connectivity index (χ4n) is 1.55. The first-order chi connectivity index (χ1) is 9.34. The monoisotopic (exact) mass is 340 g/mol. The first-order valence-corrected chi connectivity index (χ1v) is 8.26. The zero-order valence-corrected chi connectivity index (χ0v) is 13.7. The Bertz CT molecular complexity index is 564. The number of hydrogen-bond donors (Lipinski definition) is 1. The molecule has 0 aliphatic carbocycles. The third-order valence-electron chi connectivity index (χ3n) is 2.76. The average Bonchev–Trinajstić information content (AvgIpc) is 2.38. The van der Waals surface area contributed by atoms with Gasteiger partial charge in [-0.2, -0.15) is 4.31 Å². The molecule has 0 unspecified atom stereocenters. The number of rotatable bonds is 7. The van der Waals surface area contributed by atoms with E-state index in [-0.39, 0.29) is 23.0 Å². The fraction of sp³-hybridized carbons (Fsp3) is 0.500. The lowest BCUT2D eigenvalue weighted by molar-refractivity contribution is 0.138. The summed E-state index contributed by atoms with van der Waals surface area (Å²) < 4.78 is 31.2. The maximum atomic E-state index is 12.4.